The number of nitrogens with one attached hydrogen (secondary N) is 1. The Labute approximate surface area is 165 Å². The van der Waals surface area contributed by atoms with Gasteiger partial charge in [0.15, 0.2) is 5.82 Å². The summed E-state index contributed by atoms with van der Waals surface area (Å²) in [7, 11) is 1.68. The first kappa shape index (κ1) is 18.4. The van der Waals surface area contributed by atoms with Crippen LogP contribution in [0.25, 0.3) is 23.1 Å². The van der Waals surface area contributed by atoms with E-state index in [4.69, 9.17) is 14.7 Å². The van der Waals surface area contributed by atoms with Gasteiger partial charge in [-0.15, -0.1) is 0 Å². The summed E-state index contributed by atoms with van der Waals surface area (Å²) in [6, 6.07) is 12.2. The van der Waals surface area contributed by atoms with Crippen LogP contribution in [0.3, 0.4) is 0 Å². The molecule has 2 atom stereocenters. The van der Waals surface area contributed by atoms with Crippen molar-refractivity contribution in [3.63, 3.8) is 0 Å². The zero-order chi connectivity index (χ0) is 19.3. The van der Waals surface area contributed by atoms with Crippen molar-refractivity contribution in [3.8, 4) is 5.75 Å². The van der Waals surface area contributed by atoms with Crippen molar-refractivity contribution in [1.82, 2.24) is 15.0 Å². The molecular weight excluding hydrogens is 348 g/mol. The molecule has 2 heterocycles. The van der Waals surface area contributed by atoms with Gasteiger partial charge in [-0.3, -0.25) is 4.98 Å². The number of ether oxygens (including phenoxy) is 1. The standard InChI is InChI=1S/C23H26N4O/c1-16-7-3-4-9-20(16)26-23-19-15-18(28-2)11-12-21(19)25-22(27-23)13-10-17-8-5-6-14-24-17/h5-6,8,10-16,20H,3-4,7,9H2,1-2H3,(H,25,26,27). The lowest BCUT2D eigenvalue weighted by Gasteiger charge is -2.30. The third kappa shape index (κ3) is 4.14. The number of nitrogens with zero attached hydrogens (tertiary/aromatic N) is 3. The molecule has 2 aromatic heterocycles. The largest absolute Gasteiger partial charge is 0.497 e. The number of anilines is 1. The van der Waals surface area contributed by atoms with E-state index in [1.165, 1.54) is 25.7 Å². The first-order valence-corrected chi connectivity index (χ1v) is 9.94. The average molecular weight is 374 g/mol. The number of rotatable bonds is 5. The Bertz CT molecular complexity index is 971. The van der Waals surface area contributed by atoms with E-state index in [0.717, 1.165) is 28.2 Å². The van der Waals surface area contributed by atoms with Gasteiger partial charge in [0, 0.05) is 17.6 Å². The minimum atomic E-state index is 0.436. The van der Waals surface area contributed by atoms with Crippen LogP contribution in [0.1, 0.15) is 44.1 Å². The second-order valence-corrected chi connectivity index (χ2v) is 7.41. The predicted octanol–water partition coefficient (Wildman–Crippen LogP) is 5.19. The number of hydrogen-bond donors (Lipinski definition) is 1. The van der Waals surface area contributed by atoms with Crippen LogP contribution in [0.5, 0.6) is 5.75 Å². The van der Waals surface area contributed by atoms with Crippen LogP contribution < -0.4 is 10.1 Å². The van der Waals surface area contributed by atoms with Gasteiger partial charge in [-0.1, -0.05) is 25.8 Å². The quantitative estimate of drug-likeness (QED) is 0.665. The zero-order valence-corrected chi connectivity index (χ0v) is 16.4. The molecule has 1 aliphatic carbocycles. The summed E-state index contributed by atoms with van der Waals surface area (Å²) in [4.78, 5) is 13.9. The van der Waals surface area contributed by atoms with Gasteiger partial charge >= 0.3 is 0 Å². The van der Waals surface area contributed by atoms with Gasteiger partial charge in [0.05, 0.1) is 18.3 Å². The third-order valence-electron chi connectivity index (χ3n) is 5.44. The SMILES string of the molecule is COc1ccc2nc(C=Cc3ccccn3)nc(NC3CCCCC3C)c2c1. The highest BCUT2D eigenvalue weighted by molar-refractivity contribution is 5.91. The first-order valence-electron chi connectivity index (χ1n) is 9.94. The topological polar surface area (TPSA) is 59.9 Å². The molecule has 0 radical (unpaired) electrons. The fraction of sp³-hybridized carbons (Fsp3) is 0.348. The molecule has 0 aliphatic heterocycles. The highest BCUT2D eigenvalue weighted by Gasteiger charge is 2.22. The Hall–Kier alpha value is -2.95. The van der Waals surface area contributed by atoms with Crippen LogP contribution in [-0.4, -0.2) is 28.1 Å². The number of pyridine rings is 1. The molecule has 1 saturated carbocycles. The summed E-state index contributed by atoms with van der Waals surface area (Å²) in [6.07, 6.45) is 10.7. The Morgan fingerprint density at radius 1 is 1.07 bits per heavy atom. The summed E-state index contributed by atoms with van der Waals surface area (Å²) < 4.78 is 5.42. The monoisotopic (exact) mass is 374 g/mol. The first-order chi connectivity index (χ1) is 13.7. The molecule has 0 spiro atoms. The number of fused-ring (bicyclic) bond motifs is 1. The molecule has 5 nitrogen and oxygen atoms in total. The molecule has 0 saturated heterocycles. The van der Waals surface area contributed by atoms with Crippen molar-refractivity contribution < 1.29 is 4.74 Å². The van der Waals surface area contributed by atoms with Crippen LogP contribution in [0.2, 0.25) is 0 Å². The summed E-state index contributed by atoms with van der Waals surface area (Å²) in [5.41, 5.74) is 1.79. The lowest BCUT2D eigenvalue weighted by Crippen LogP contribution is -2.30. The Kier molecular flexibility index (Phi) is 5.51. The fourth-order valence-electron chi connectivity index (χ4n) is 3.78. The van der Waals surface area contributed by atoms with Crippen LogP contribution >= 0.6 is 0 Å². The highest BCUT2D eigenvalue weighted by Crippen LogP contribution is 2.30. The third-order valence-corrected chi connectivity index (χ3v) is 5.44. The summed E-state index contributed by atoms with van der Waals surface area (Å²) in [5.74, 6) is 3.00. The number of hydrogen-bond acceptors (Lipinski definition) is 5. The smallest absolute Gasteiger partial charge is 0.155 e. The van der Waals surface area contributed by atoms with Gasteiger partial charge in [-0.05, 0) is 61.2 Å². The Morgan fingerprint density at radius 3 is 2.75 bits per heavy atom. The predicted molar refractivity (Wildman–Crippen MR) is 114 cm³/mol. The van der Waals surface area contributed by atoms with Crippen molar-refractivity contribution in [2.24, 2.45) is 5.92 Å². The molecule has 1 fully saturated rings. The van der Waals surface area contributed by atoms with Crippen molar-refractivity contribution in [2.45, 2.75) is 38.6 Å². The molecule has 2 unspecified atom stereocenters. The fourth-order valence-corrected chi connectivity index (χ4v) is 3.78. The molecule has 5 heteroatoms. The van der Waals surface area contributed by atoms with E-state index in [1.807, 2.05) is 48.6 Å². The molecule has 28 heavy (non-hydrogen) atoms. The van der Waals surface area contributed by atoms with Gasteiger partial charge in [-0.2, -0.15) is 0 Å². The van der Waals surface area contributed by atoms with Gasteiger partial charge in [0.25, 0.3) is 0 Å². The molecule has 4 rings (SSSR count). The molecular formula is C23H26N4O. The molecule has 0 amide bonds. The van der Waals surface area contributed by atoms with E-state index in [-0.39, 0.29) is 0 Å². The number of benzene rings is 1. The van der Waals surface area contributed by atoms with Gasteiger partial charge < -0.3 is 10.1 Å². The summed E-state index contributed by atoms with van der Waals surface area (Å²) in [5, 5.41) is 4.70. The molecule has 1 aliphatic rings. The van der Waals surface area contributed by atoms with E-state index >= 15 is 0 Å². The van der Waals surface area contributed by atoms with Gasteiger partial charge in [0.2, 0.25) is 0 Å². The van der Waals surface area contributed by atoms with Crippen molar-refractivity contribution in [1.29, 1.82) is 0 Å². The number of methoxy groups -OCH3 is 1. The van der Waals surface area contributed by atoms with E-state index < -0.39 is 0 Å². The van der Waals surface area contributed by atoms with E-state index in [9.17, 15) is 0 Å². The summed E-state index contributed by atoms with van der Waals surface area (Å²) >= 11 is 0. The van der Waals surface area contributed by atoms with Crippen LogP contribution in [0.4, 0.5) is 5.82 Å². The Morgan fingerprint density at radius 2 is 1.96 bits per heavy atom. The lowest BCUT2D eigenvalue weighted by atomic mass is 9.86. The van der Waals surface area contributed by atoms with E-state index in [0.29, 0.717) is 17.8 Å². The van der Waals surface area contributed by atoms with Crippen molar-refractivity contribution >= 4 is 28.9 Å². The van der Waals surface area contributed by atoms with Crippen LogP contribution in [0.15, 0.2) is 42.6 Å². The molecule has 1 N–H and O–H groups in total. The van der Waals surface area contributed by atoms with Crippen LogP contribution in [-0.2, 0) is 0 Å². The van der Waals surface area contributed by atoms with E-state index in [2.05, 4.69) is 17.2 Å². The maximum Gasteiger partial charge on any atom is 0.155 e. The van der Waals surface area contributed by atoms with Gasteiger partial charge in [0.1, 0.15) is 11.6 Å². The molecule has 1 aromatic carbocycles. The maximum atomic E-state index is 5.42. The second-order valence-electron chi connectivity index (χ2n) is 7.41. The molecule has 144 valence electrons. The molecule has 0 bridgehead atoms. The minimum absolute atomic E-state index is 0.436. The van der Waals surface area contributed by atoms with Crippen molar-refractivity contribution in [2.75, 3.05) is 12.4 Å². The van der Waals surface area contributed by atoms with E-state index in [1.54, 1.807) is 13.3 Å². The summed E-state index contributed by atoms with van der Waals surface area (Å²) in [6.45, 7) is 2.32. The van der Waals surface area contributed by atoms with Crippen molar-refractivity contribution in [3.05, 3.63) is 54.1 Å². The number of aromatic nitrogens is 3. The maximum absolute atomic E-state index is 5.42. The average Bonchev–Trinajstić information content (AvgIpc) is 2.74. The van der Waals surface area contributed by atoms with Crippen LogP contribution in [0, 0.1) is 5.92 Å². The highest BCUT2D eigenvalue weighted by atomic mass is 16.5. The normalized spacial score (nSPS) is 19.8. The van der Waals surface area contributed by atoms with Gasteiger partial charge in [-0.25, -0.2) is 9.97 Å². The molecule has 3 aromatic rings. The second kappa shape index (κ2) is 8.38. The Balaban J connectivity index is 1.72. The minimum Gasteiger partial charge on any atom is -0.497 e. The lowest BCUT2D eigenvalue weighted by molar-refractivity contribution is 0.349. The zero-order valence-electron chi connectivity index (χ0n) is 16.4.